The van der Waals surface area contributed by atoms with E-state index in [0.29, 0.717) is 28.5 Å². The molecule has 0 amide bonds. The van der Waals surface area contributed by atoms with Gasteiger partial charge in [0.2, 0.25) is 11.8 Å². The van der Waals surface area contributed by atoms with Crippen LogP contribution in [-0.2, 0) is 5.41 Å². The van der Waals surface area contributed by atoms with E-state index < -0.39 is 5.41 Å². The van der Waals surface area contributed by atoms with Gasteiger partial charge in [0.25, 0.3) is 0 Å². The number of nitrogens with two attached hydrogens (primary N) is 1. The number of fused-ring (bicyclic) bond motifs is 8. The topological polar surface area (TPSA) is 103 Å². The van der Waals surface area contributed by atoms with E-state index in [9.17, 15) is 5.26 Å². The van der Waals surface area contributed by atoms with Crippen LogP contribution in [0.3, 0.4) is 0 Å². The van der Waals surface area contributed by atoms with E-state index in [2.05, 4.69) is 6.07 Å². The molecule has 8 rings (SSSR count). The second-order valence-corrected chi connectivity index (χ2v) is 9.80. The van der Waals surface area contributed by atoms with Gasteiger partial charge in [0, 0.05) is 11.1 Å². The van der Waals surface area contributed by atoms with Crippen LogP contribution < -0.4 is 10.5 Å². The van der Waals surface area contributed by atoms with Crippen LogP contribution in [0.5, 0.6) is 5.88 Å². The van der Waals surface area contributed by atoms with E-state index in [-0.39, 0.29) is 11.5 Å². The smallest absolute Gasteiger partial charge is 0.230 e. The van der Waals surface area contributed by atoms with Crippen molar-refractivity contribution < 1.29 is 4.74 Å². The highest BCUT2D eigenvalue weighted by Gasteiger charge is 2.57. The first kappa shape index (κ1) is 22.3. The summed E-state index contributed by atoms with van der Waals surface area (Å²) >= 11 is 0. The fourth-order valence-corrected chi connectivity index (χ4v) is 6.08. The Morgan fingerprint density at radius 2 is 1.40 bits per heavy atom. The molecule has 0 saturated heterocycles. The lowest BCUT2D eigenvalue weighted by atomic mass is 9.68. The molecule has 4 aromatic carbocycles. The average Bonchev–Trinajstić information content (AvgIpc) is 3.52. The Labute approximate surface area is 229 Å². The lowest BCUT2D eigenvalue weighted by Gasteiger charge is -2.35. The predicted octanol–water partition coefficient (Wildman–Crippen LogP) is 5.88. The highest BCUT2D eigenvalue weighted by atomic mass is 16.5. The molecule has 1 unspecified atom stereocenters. The number of hydrogen-bond acceptors (Lipinski definition) is 6. The standard InChI is InChI=1S/C33H20N6O/c34-19-24-31(35)40-32-27(28(20-11-3-1-4-12-20)38-39(32)21-13-5-2-6-14-21)33(24)23-16-8-7-15-22(23)29-30(33)37-26-18-10-9-17-25(26)36-29/h1-18H,35H2. The Morgan fingerprint density at radius 1 is 0.750 bits per heavy atom. The third kappa shape index (κ3) is 2.79. The van der Waals surface area contributed by atoms with Crippen molar-refractivity contribution in [1.82, 2.24) is 19.7 Å². The van der Waals surface area contributed by atoms with Gasteiger partial charge in [0.05, 0.1) is 33.7 Å². The van der Waals surface area contributed by atoms with Crippen LogP contribution in [0, 0.1) is 11.3 Å². The van der Waals surface area contributed by atoms with Crippen molar-refractivity contribution in [2.24, 2.45) is 5.73 Å². The molecule has 3 heterocycles. The quantitative estimate of drug-likeness (QED) is 0.308. The third-order valence-electron chi connectivity index (χ3n) is 7.72. The predicted molar refractivity (Wildman–Crippen MR) is 151 cm³/mol. The summed E-state index contributed by atoms with van der Waals surface area (Å²) in [5.41, 5.74) is 13.4. The van der Waals surface area contributed by atoms with Crippen molar-refractivity contribution >= 4 is 11.0 Å². The molecule has 2 N–H and O–H groups in total. The fraction of sp³-hybridized carbons (Fsp3) is 0.0303. The first-order valence-electron chi connectivity index (χ1n) is 12.9. The Bertz CT molecular complexity index is 2060. The first-order valence-corrected chi connectivity index (χ1v) is 12.9. The lowest BCUT2D eigenvalue weighted by molar-refractivity contribution is 0.356. The SMILES string of the molecule is N#CC1=C(N)Oc2c(c(-c3ccccc3)nn2-c2ccccc2)C12c1ccccc1-c1nc3ccccc3nc12. The summed E-state index contributed by atoms with van der Waals surface area (Å²) in [5.74, 6) is 0.462. The van der Waals surface area contributed by atoms with E-state index >= 15 is 0 Å². The molecular formula is C33H20N6O. The first-order chi connectivity index (χ1) is 19.7. The van der Waals surface area contributed by atoms with Crippen molar-refractivity contribution in [2.45, 2.75) is 5.41 Å². The molecule has 2 aromatic heterocycles. The summed E-state index contributed by atoms with van der Waals surface area (Å²) in [4.78, 5) is 10.3. The van der Waals surface area contributed by atoms with E-state index in [0.717, 1.165) is 33.4 Å². The van der Waals surface area contributed by atoms with Gasteiger partial charge in [0.1, 0.15) is 22.8 Å². The molecule has 0 fully saturated rings. The molecule has 7 nitrogen and oxygen atoms in total. The molecule has 6 aromatic rings. The molecule has 40 heavy (non-hydrogen) atoms. The van der Waals surface area contributed by atoms with Gasteiger partial charge in [-0.15, -0.1) is 0 Å². The van der Waals surface area contributed by atoms with Gasteiger partial charge in [-0.3, -0.25) is 0 Å². The van der Waals surface area contributed by atoms with Gasteiger partial charge in [-0.05, 0) is 29.8 Å². The third-order valence-corrected chi connectivity index (χ3v) is 7.72. The van der Waals surface area contributed by atoms with Crippen molar-refractivity contribution in [3.8, 4) is 40.2 Å². The number of allylic oxidation sites excluding steroid dienone is 1. The molecule has 188 valence electrons. The van der Waals surface area contributed by atoms with E-state index in [1.807, 2.05) is 109 Å². The van der Waals surface area contributed by atoms with Crippen LogP contribution in [0.4, 0.5) is 0 Å². The number of rotatable bonds is 2. The minimum absolute atomic E-state index is 0.0179. The minimum atomic E-state index is -1.19. The summed E-state index contributed by atoms with van der Waals surface area (Å²) in [5, 5.41) is 15.8. The summed E-state index contributed by atoms with van der Waals surface area (Å²) in [6, 6.07) is 37.9. The van der Waals surface area contributed by atoms with E-state index in [1.54, 1.807) is 4.68 Å². The maximum Gasteiger partial charge on any atom is 0.230 e. The zero-order chi connectivity index (χ0) is 26.8. The van der Waals surface area contributed by atoms with Gasteiger partial charge in [-0.2, -0.15) is 15.0 Å². The highest BCUT2D eigenvalue weighted by molar-refractivity contribution is 5.91. The normalized spacial score (nSPS) is 16.8. The van der Waals surface area contributed by atoms with Crippen LogP contribution in [0.1, 0.15) is 16.8 Å². The van der Waals surface area contributed by atoms with Gasteiger partial charge < -0.3 is 10.5 Å². The van der Waals surface area contributed by atoms with Gasteiger partial charge >= 0.3 is 0 Å². The second-order valence-electron chi connectivity index (χ2n) is 9.80. The van der Waals surface area contributed by atoms with Gasteiger partial charge in [-0.1, -0.05) is 84.9 Å². The number of nitriles is 1. The summed E-state index contributed by atoms with van der Waals surface area (Å²) in [6.07, 6.45) is 0. The minimum Gasteiger partial charge on any atom is -0.422 e. The van der Waals surface area contributed by atoms with Gasteiger partial charge in [0.15, 0.2) is 0 Å². The second kappa shape index (κ2) is 8.13. The average molecular weight is 517 g/mol. The van der Waals surface area contributed by atoms with Crippen LogP contribution >= 0.6 is 0 Å². The van der Waals surface area contributed by atoms with Crippen molar-refractivity contribution in [1.29, 1.82) is 5.26 Å². The Hall–Kier alpha value is -5.74. The maximum atomic E-state index is 10.7. The van der Waals surface area contributed by atoms with Crippen LogP contribution in [0.15, 0.2) is 121 Å². The highest BCUT2D eigenvalue weighted by Crippen LogP contribution is 2.61. The molecule has 7 heteroatoms. The zero-order valence-electron chi connectivity index (χ0n) is 21.1. The molecule has 1 atom stereocenters. The Balaban J connectivity index is 1.59. The van der Waals surface area contributed by atoms with Crippen LogP contribution in [0.25, 0.3) is 39.2 Å². The molecule has 0 saturated carbocycles. The maximum absolute atomic E-state index is 10.7. The number of nitrogens with zero attached hydrogens (tertiary/aromatic N) is 5. The summed E-state index contributed by atoms with van der Waals surface area (Å²) in [7, 11) is 0. The Morgan fingerprint density at radius 3 is 2.15 bits per heavy atom. The van der Waals surface area contributed by atoms with Crippen molar-refractivity contribution in [2.75, 3.05) is 0 Å². The molecule has 1 aliphatic carbocycles. The molecule has 0 bridgehead atoms. The molecular weight excluding hydrogens is 496 g/mol. The fourth-order valence-electron chi connectivity index (χ4n) is 6.08. The van der Waals surface area contributed by atoms with Gasteiger partial charge in [-0.25, -0.2) is 9.97 Å². The molecule has 1 aliphatic heterocycles. The zero-order valence-corrected chi connectivity index (χ0v) is 21.1. The van der Waals surface area contributed by atoms with Crippen molar-refractivity contribution in [3.63, 3.8) is 0 Å². The molecule has 0 radical (unpaired) electrons. The number of ether oxygens (including phenoxy) is 1. The van der Waals surface area contributed by atoms with E-state index in [4.69, 9.17) is 25.5 Å². The number of para-hydroxylation sites is 3. The number of hydrogen-bond donors (Lipinski definition) is 1. The van der Waals surface area contributed by atoms with Crippen molar-refractivity contribution in [3.05, 3.63) is 137 Å². The van der Waals surface area contributed by atoms with Crippen LogP contribution in [0.2, 0.25) is 0 Å². The number of benzene rings is 4. The Kier molecular flexibility index (Phi) is 4.52. The summed E-state index contributed by atoms with van der Waals surface area (Å²) < 4.78 is 8.07. The summed E-state index contributed by atoms with van der Waals surface area (Å²) in [6.45, 7) is 0. The number of aromatic nitrogens is 4. The van der Waals surface area contributed by atoms with E-state index in [1.165, 1.54) is 0 Å². The molecule has 1 spiro atoms. The lowest BCUT2D eigenvalue weighted by Crippen LogP contribution is -2.37. The largest absolute Gasteiger partial charge is 0.422 e. The van der Waals surface area contributed by atoms with Crippen LogP contribution in [-0.4, -0.2) is 19.7 Å². The molecule has 2 aliphatic rings. The monoisotopic (exact) mass is 516 g/mol.